The number of piperidine rings is 1. The van der Waals surface area contributed by atoms with Crippen molar-refractivity contribution in [2.75, 3.05) is 26.3 Å². The van der Waals surface area contributed by atoms with E-state index >= 15 is 0 Å². The fourth-order valence-corrected chi connectivity index (χ4v) is 3.16. The molecule has 122 valence electrons. The molecule has 0 aliphatic carbocycles. The van der Waals surface area contributed by atoms with Crippen LogP contribution in [0.15, 0.2) is 0 Å². The van der Waals surface area contributed by atoms with Gasteiger partial charge in [-0.05, 0) is 51.9 Å². The average Bonchev–Trinajstić information content (AvgIpc) is 2.53. The molecule has 0 aromatic carbocycles. The van der Waals surface area contributed by atoms with E-state index in [1.54, 1.807) is 0 Å². The van der Waals surface area contributed by atoms with Crippen LogP contribution in [0.25, 0.3) is 0 Å². The number of ether oxygens (including phenoxy) is 2. The van der Waals surface area contributed by atoms with Crippen molar-refractivity contribution in [3.63, 3.8) is 0 Å². The number of carbonyl (C=O) groups is 1. The number of rotatable bonds is 5. The number of nitrogens with zero attached hydrogens (tertiary/aromatic N) is 1. The van der Waals surface area contributed by atoms with E-state index in [9.17, 15) is 4.79 Å². The Morgan fingerprint density at radius 2 is 2.00 bits per heavy atom. The molecule has 2 saturated heterocycles. The van der Waals surface area contributed by atoms with Crippen molar-refractivity contribution < 1.29 is 14.3 Å². The molecular formula is C16H30N2O3. The van der Waals surface area contributed by atoms with Crippen LogP contribution in [0.3, 0.4) is 0 Å². The summed E-state index contributed by atoms with van der Waals surface area (Å²) in [6, 6.07) is 0.222. The molecule has 0 radical (unpaired) electrons. The van der Waals surface area contributed by atoms with Crippen LogP contribution in [0.4, 0.5) is 0 Å². The molecule has 5 nitrogen and oxygen atoms in total. The van der Waals surface area contributed by atoms with Crippen molar-refractivity contribution in [1.29, 1.82) is 0 Å². The molecule has 0 spiro atoms. The summed E-state index contributed by atoms with van der Waals surface area (Å²) in [6.45, 7) is 6.86. The van der Waals surface area contributed by atoms with E-state index in [0.717, 1.165) is 45.4 Å². The van der Waals surface area contributed by atoms with Crippen molar-refractivity contribution in [2.45, 2.75) is 64.2 Å². The third kappa shape index (κ3) is 4.94. The minimum atomic E-state index is -0.373. The Kier molecular flexibility index (Phi) is 6.45. The maximum absolute atomic E-state index is 12.4. The lowest BCUT2D eigenvalue weighted by Crippen LogP contribution is -2.46. The van der Waals surface area contributed by atoms with Crippen LogP contribution in [-0.4, -0.2) is 55.4 Å². The van der Waals surface area contributed by atoms with Crippen molar-refractivity contribution >= 4 is 5.91 Å². The van der Waals surface area contributed by atoms with E-state index in [4.69, 9.17) is 15.2 Å². The lowest BCUT2D eigenvalue weighted by molar-refractivity contribution is -0.147. The van der Waals surface area contributed by atoms with E-state index in [0.29, 0.717) is 12.5 Å². The Hall–Kier alpha value is -0.650. The van der Waals surface area contributed by atoms with Crippen molar-refractivity contribution in [2.24, 2.45) is 11.7 Å². The van der Waals surface area contributed by atoms with E-state index < -0.39 is 0 Å². The Morgan fingerprint density at radius 1 is 1.29 bits per heavy atom. The van der Waals surface area contributed by atoms with Crippen molar-refractivity contribution in [3.05, 3.63) is 0 Å². The van der Waals surface area contributed by atoms with E-state index in [-0.39, 0.29) is 24.2 Å². The second-order valence-electron chi connectivity index (χ2n) is 6.49. The van der Waals surface area contributed by atoms with E-state index in [1.807, 2.05) is 11.8 Å². The van der Waals surface area contributed by atoms with Gasteiger partial charge in [0.1, 0.15) is 6.10 Å². The summed E-state index contributed by atoms with van der Waals surface area (Å²) >= 11 is 0. The topological polar surface area (TPSA) is 64.8 Å². The Labute approximate surface area is 128 Å². The summed E-state index contributed by atoms with van der Waals surface area (Å²) in [7, 11) is 0. The van der Waals surface area contributed by atoms with Gasteiger partial charge < -0.3 is 20.1 Å². The molecule has 2 heterocycles. The van der Waals surface area contributed by atoms with Crippen LogP contribution in [0.1, 0.15) is 46.0 Å². The summed E-state index contributed by atoms with van der Waals surface area (Å²) in [5, 5.41) is 0. The molecule has 2 aliphatic heterocycles. The fraction of sp³-hybridized carbons (Fsp3) is 0.938. The first-order valence-electron chi connectivity index (χ1n) is 8.35. The largest absolute Gasteiger partial charge is 0.376 e. The van der Waals surface area contributed by atoms with Gasteiger partial charge in [-0.2, -0.15) is 0 Å². The first-order chi connectivity index (χ1) is 10.1. The molecule has 1 amide bonds. The zero-order chi connectivity index (χ0) is 15.2. The predicted octanol–water partition coefficient (Wildman–Crippen LogP) is 1.55. The lowest BCUT2D eigenvalue weighted by Gasteiger charge is -2.35. The molecule has 2 fully saturated rings. The van der Waals surface area contributed by atoms with Gasteiger partial charge in [0.25, 0.3) is 5.91 Å². The highest BCUT2D eigenvalue weighted by molar-refractivity contribution is 5.80. The molecule has 2 rings (SSSR count). The maximum atomic E-state index is 12.4. The third-order valence-corrected chi connectivity index (χ3v) is 4.75. The summed E-state index contributed by atoms with van der Waals surface area (Å²) in [4.78, 5) is 14.3. The van der Waals surface area contributed by atoms with Crippen LogP contribution in [0.2, 0.25) is 0 Å². The smallest absolute Gasteiger partial charge is 0.251 e. The van der Waals surface area contributed by atoms with Gasteiger partial charge in [-0.3, -0.25) is 4.79 Å². The molecule has 0 saturated carbocycles. The van der Waals surface area contributed by atoms with Crippen molar-refractivity contribution in [1.82, 2.24) is 4.90 Å². The Balaban J connectivity index is 1.69. The molecule has 3 unspecified atom stereocenters. The minimum Gasteiger partial charge on any atom is -0.376 e. The standard InChI is InChI=1S/C16H30N2O3/c1-12(17)14-6-8-18(9-7-14)16(19)13(2)21-11-15-5-3-4-10-20-15/h12-15H,3-11,17H2,1-2H3. The number of amides is 1. The first kappa shape index (κ1) is 16.7. The SMILES string of the molecule is CC(OCC1CCCCO1)C(=O)N1CCC(C(C)N)CC1. The molecule has 2 aliphatic rings. The third-order valence-electron chi connectivity index (χ3n) is 4.75. The summed E-state index contributed by atoms with van der Waals surface area (Å²) in [6.07, 6.45) is 5.17. The average molecular weight is 298 g/mol. The van der Waals surface area contributed by atoms with Gasteiger partial charge in [0.15, 0.2) is 0 Å². The monoisotopic (exact) mass is 298 g/mol. The molecule has 0 aromatic heterocycles. The number of nitrogens with two attached hydrogens (primary N) is 1. The molecule has 0 bridgehead atoms. The minimum absolute atomic E-state index is 0.105. The predicted molar refractivity (Wildman–Crippen MR) is 82.0 cm³/mol. The van der Waals surface area contributed by atoms with Crippen molar-refractivity contribution in [3.8, 4) is 0 Å². The number of hydrogen-bond acceptors (Lipinski definition) is 4. The normalized spacial score (nSPS) is 27.4. The number of carbonyl (C=O) groups excluding carboxylic acids is 1. The Morgan fingerprint density at radius 3 is 2.57 bits per heavy atom. The number of likely N-dealkylation sites (tertiary alicyclic amines) is 1. The van der Waals surface area contributed by atoms with Gasteiger partial charge in [-0.15, -0.1) is 0 Å². The molecule has 2 N–H and O–H groups in total. The van der Waals surface area contributed by atoms with Gasteiger partial charge in [0.2, 0.25) is 0 Å². The molecule has 21 heavy (non-hydrogen) atoms. The van der Waals surface area contributed by atoms with Gasteiger partial charge in [0.05, 0.1) is 12.7 Å². The highest BCUT2D eigenvalue weighted by atomic mass is 16.5. The summed E-state index contributed by atoms with van der Waals surface area (Å²) in [5.41, 5.74) is 5.94. The quantitative estimate of drug-likeness (QED) is 0.836. The van der Waals surface area contributed by atoms with E-state index in [1.165, 1.54) is 6.42 Å². The molecule has 5 heteroatoms. The lowest BCUT2D eigenvalue weighted by atomic mass is 9.91. The van der Waals surface area contributed by atoms with Gasteiger partial charge in [0, 0.05) is 25.7 Å². The summed E-state index contributed by atoms with van der Waals surface area (Å²) in [5.74, 6) is 0.648. The first-order valence-corrected chi connectivity index (χ1v) is 8.35. The molecule has 3 atom stereocenters. The van der Waals surface area contributed by atoms with Crippen LogP contribution in [-0.2, 0) is 14.3 Å². The molecular weight excluding hydrogens is 268 g/mol. The van der Waals surface area contributed by atoms with E-state index in [2.05, 4.69) is 6.92 Å². The molecule has 0 aromatic rings. The highest BCUT2D eigenvalue weighted by Crippen LogP contribution is 2.20. The van der Waals surface area contributed by atoms with Gasteiger partial charge in [-0.25, -0.2) is 0 Å². The van der Waals surface area contributed by atoms with Crippen LogP contribution in [0, 0.1) is 5.92 Å². The Bertz CT molecular complexity index is 321. The van der Waals surface area contributed by atoms with Gasteiger partial charge >= 0.3 is 0 Å². The fourth-order valence-electron chi connectivity index (χ4n) is 3.16. The second kappa shape index (κ2) is 8.11. The zero-order valence-electron chi connectivity index (χ0n) is 13.4. The van der Waals surface area contributed by atoms with Crippen LogP contribution < -0.4 is 5.73 Å². The second-order valence-corrected chi connectivity index (χ2v) is 6.49. The van der Waals surface area contributed by atoms with Gasteiger partial charge in [-0.1, -0.05) is 0 Å². The van der Waals surface area contributed by atoms with Crippen LogP contribution >= 0.6 is 0 Å². The zero-order valence-corrected chi connectivity index (χ0v) is 13.4. The van der Waals surface area contributed by atoms with Crippen LogP contribution in [0.5, 0.6) is 0 Å². The summed E-state index contributed by atoms with van der Waals surface area (Å²) < 4.78 is 11.4. The highest BCUT2D eigenvalue weighted by Gasteiger charge is 2.28. The maximum Gasteiger partial charge on any atom is 0.251 e. The number of hydrogen-bond donors (Lipinski definition) is 1.